The zero-order valence-corrected chi connectivity index (χ0v) is 14.2. The van der Waals surface area contributed by atoms with Crippen LogP contribution in [0.3, 0.4) is 0 Å². The van der Waals surface area contributed by atoms with E-state index in [1.807, 2.05) is 6.07 Å². The summed E-state index contributed by atoms with van der Waals surface area (Å²) in [5.41, 5.74) is 0.956. The Hall–Kier alpha value is -1.91. The Morgan fingerprint density at radius 3 is 2.58 bits per heavy atom. The summed E-state index contributed by atoms with van der Waals surface area (Å²) < 4.78 is 29.3. The average molecular weight is 348 g/mol. The van der Waals surface area contributed by atoms with E-state index in [-0.39, 0.29) is 29.6 Å². The van der Waals surface area contributed by atoms with E-state index in [4.69, 9.17) is 10.00 Å². The number of nitrogens with zero attached hydrogens (tertiary/aromatic N) is 2. The molecule has 0 N–H and O–H groups in total. The first-order valence-electron chi connectivity index (χ1n) is 8.12. The molecule has 0 saturated carbocycles. The van der Waals surface area contributed by atoms with Gasteiger partial charge >= 0.3 is 0 Å². The molecule has 0 aromatic heterocycles. The van der Waals surface area contributed by atoms with Crippen LogP contribution < -0.4 is 0 Å². The Labute approximate surface area is 141 Å². The monoisotopic (exact) mass is 348 g/mol. The van der Waals surface area contributed by atoms with Crippen LogP contribution in [-0.2, 0) is 14.6 Å². The smallest absolute Gasteiger partial charge is 0.254 e. The topological polar surface area (TPSA) is 87.5 Å². The predicted octanol–water partition coefficient (Wildman–Crippen LogP) is 1.37. The summed E-state index contributed by atoms with van der Waals surface area (Å²) >= 11 is 0. The van der Waals surface area contributed by atoms with Crippen molar-refractivity contribution in [2.24, 2.45) is 0 Å². The molecule has 7 heteroatoms. The van der Waals surface area contributed by atoms with Gasteiger partial charge in [0.2, 0.25) is 0 Å². The number of benzene rings is 1. The summed E-state index contributed by atoms with van der Waals surface area (Å²) in [4.78, 5) is 14.6. The largest absolute Gasteiger partial charge is 0.376 e. The van der Waals surface area contributed by atoms with Crippen LogP contribution in [0.25, 0.3) is 0 Å². The van der Waals surface area contributed by atoms with Crippen molar-refractivity contribution in [3.63, 3.8) is 0 Å². The van der Waals surface area contributed by atoms with Gasteiger partial charge in [-0.2, -0.15) is 5.26 Å². The number of hydrogen-bond acceptors (Lipinski definition) is 5. The quantitative estimate of drug-likeness (QED) is 0.820. The van der Waals surface area contributed by atoms with Crippen LogP contribution in [0, 0.1) is 11.3 Å². The summed E-state index contributed by atoms with van der Waals surface area (Å²) in [6.07, 6.45) is 2.29. The molecule has 0 radical (unpaired) electrons. The maximum Gasteiger partial charge on any atom is 0.254 e. The van der Waals surface area contributed by atoms with Crippen molar-refractivity contribution in [1.29, 1.82) is 5.26 Å². The standard InChI is InChI=1S/C17H20N2O4S/c18-10-13-3-5-14(6-4-13)17(20)19(11-16-2-1-8-23-16)15-7-9-24(21,22)12-15/h3-6,15-16H,1-2,7-9,11-12H2/t15-,16+/m1/s1. The van der Waals surface area contributed by atoms with E-state index < -0.39 is 9.84 Å². The average Bonchev–Trinajstić information content (AvgIpc) is 3.21. The van der Waals surface area contributed by atoms with Crippen molar-refractivity contribution in [3.05, 3.63) is 35.4 Å². The van der Waals surface area contributed by atoms with Gasteiger partial charge in [0.15, 0.2) is 9.84 Å². The number of nitriles is 1. The summed E-state index contributed by atoms with van der Waals surface area (Å²) in [7, 11) is -3.08. The number of rotatable bonds is 4. The fraction of sp³-hybridized carbons (Fsp3) is 0.529. The Morgan fingerprint density at radius 2 is 2.04 bits per heavy atom. The van der Waals surface area contributed by atoms with Crippen LogP contribution in [0.2, 0.25) is 0 Å². The summed E-state index contributed by atoms with van der Waals surface area (Å²) in [6, 6.07) is 8.16. The molecule has 2 fully saturated rings. The highest BCUT2D eigenvalue weighted by Gasteiger charge is 2.36. The number of amides is 1. The molecule has 24 heavy (non-hydrogen) atoms. The Bertz CT molecular complexity index is 746. The molecular formula is C17H20N2O4S. The van der Waals surface area contributed by atoms with Crippen molar-refractivity contribution in [2.75, 3.05) is 24.7 Å². The molecule has 1 amide bonds. The van der Waals surface area contributed by atoms with Crippen LogP contribution in [0.4, 0.5) is 0 Å². The van der Waals surface area contributed by atoms with Crippen molar-refractivity contribution in [3.8, 4) is 6.07 Å². The number of carbonyl (C=O) groups excluding carboxylic acids is 1. The molecule has 0 spiro atoms. The molecule has 6 nitrogen and oxygen atoms in total. The van der Waals surface area contributed by atoms with Gasteiger partial charge in [-0.15, -0.1) is 0 Å². The van der Waals surface area contributed by atoms with Gasteiger partial charge in [0.05, 0.1) is 29.2 Å². The van der Waals surface area contributed by atoms with Gasteiger partial charge in [-0.25, -0.2) is 8.42 Å². The first-order valence-corrected chi connectivity index (χ1v) is 9.94. The zero-order valence-electron chi connectivity index (χ0n) is 13.3. The minimum Gasteiger partial charge on any atom is -0.376 e. The molecule has 0 aliphatic carbocycles. The van der Waals surface area contributed by atoms with Gasteiger partial charge in [0.1, 0.15) is 0 Å². The number of carbonyl (C=O) groups is 1. The highest BCUT2D eigenvalue weighted by Crippen LogP contribution is 2.23. The minimum absolute atomic E-state index is 0.0156. The first kappa shape index (κ1) is 16.9. The molecule has 3 rings (SSSR count). The lowest BCUT2D eigenvalue weighted by Crippen LogP contribution is -2.45. The lowest BCUT2D eigenvalue weighted by atomic mass is 10.1. The second-order valence-electron chi connectivity index (χ2n) is 6.34. The van der Waals surface area contributed by atoms with Gasteiger partial charge in [0, 0.05) is 24.8 Å². The second-order valence-corrected chi connectivity index (χ2v) is 8.57. The highest BCUT2D eigenvalue weighted by molar-refractivity contribution is 7.91. The molecule has 2 saturated heterocycles. The molecular weight excluding hydrogens is 328 g/mol. The second kappa shape index (κ2) is 6.91. The summed E-state index contributed by atoms with van der Waals surface area (Å²) in [5.74, 6) is -0.0562. The van der Waals surface area contributed by atoms with E-state index in [2.05, 4.69) is 0 Å². The van der Waals surface area contributed by atoms with E-state index in [0.29, 0.717) is 30.7 Å². The Morgan fingerprint density at radius 1 is 1.29 bits per heavy atom. The molecule has 2 aliphatic rings. The van der Waals surface area contributed by atoms with E-state index in [0.717, 1.165) is 12.8 Å². The highest BCUT2D eigenvalue weighted by atomic mass is 32.2. The van der Waals surface area contributed by atoms with Gasteiger partial charge in [-0.05, 0) is 43.5 Å². The van der Waals surface area contributed by atoms with Crippen LogP contribution in [0.15, 0.2) is 24.3 Å². The number of hydrogen-bond donors (Lipinski definition) is 0. The SMILES string of the molecule is N#Cc1ccc(C(=O)N(C[C@@H]2CCCO2)[C@@H]2CCS(=O)(=O)C2)cc1. The van der Waals surface area contributed by atoms with E-state index in [1.165, 1.54) is 0 Å². The number of sulfone groups is 1. The van der Waals surface area contributed by atoms with E-state index in [1.54, 1.807) is 29.2 Å². The molecule has 128 valence electrons. The molecule has 2 atom stereocenters. The van der Waals surface area contributed by atoms with Crippen molar-refractivity contribution in [2.45, 2.75) is 31.4 Å². The van der Waals surface area contributed by atoms with E-state index >= 15 is 0 Å². The zero-order chi connectivity index (χ0) is 17.2. The van der Waals surface area contributed by atoms with Gasteiger partial charge < -0.3 is 9.64 Å². The lowest BCUT2D eigenvalue weighted by molar-refractivity contribution is 0.0441. The van der Waals surface area contributed by atoms with Crippen LogP contribution in [0.1, 0.15) is 35.2 Å². The first-order chi connectivity index (χ1) is 11.5. The van der Waals surface area contributed by atoms with Crippen molar-refractivity contribution < 1.29 is 17.9 Å². The third-order valence-corrected chi connectivity index (χ3v) is 6.35. The minimum atomic E-state index is -3.08. The maximum atomic E-state index is 12.9. The fourth-order valence-electron chi connectivity index (χ4n) is 3.28. The molecule has 0 bridgehead atoms. The van der Waals surface area contributed by atoms with E-state index in [9.17, 15) is 13.2 Å². The normalized spacial score (nSPS) is 25.3. The summed E-state index contributed by atoms with van der Waals surface area (Å²) in [5, 5.41) is 8.87. The molecule has 1 aromatic carbocycles. The Balaban J connectivity index is 1.82. The third-order valence-electron chi connectivity index (χ3n) is 4.60. The molecule has 0 unspecified atom stereocenters. The van der Waals surface area contributed by atoms with Gasteiger partial charge in [-0.3, -0.25) is 4.79 Å². The third kappa shape index (κ3) is 3.77. The molecule has 1 aromatic rings. The predicted molar refractivity (Wildman–Crippen MR) is 88.2 cm³/mol. The van der Waals surface area contributed by atoms with Crippen LogP contribution >= 0.6 is 0 Å². The lowest BCUT2D eigenvalue weighted by Gasteiger charge is -2.30. The molecule has 2 aliphatic heterocycles. The van der Waals surface area contributed by atoms with Gasteiger partial charge in [-0.1, -0.05) is 0 Å². The summed E-state index contributed by atoms with van der Waals surface area (Å²) in [6.45, 7) is 1.10. The Kier molecular flexibility index (Phi) is 4.88. The fourth-order valence-corrected chi connectivity index (χ4v) is 5.01. The maximum absolute atomic E-state index is 12.9. The van der Waals surface area contributed by atoms with Crippen LogP contribution in [-0.4, -0.2) is 56.0 Å². The van der Waals surface area contributed by atoms with Gasteiger partial charge in [0.25, 0.3) is 5.91 Å². The molecule has 2 heterocycles. The van der Waals surface area contributed by atoms with Crippen molar-refractivity contribution >= 4 is 15.7 Å². The van der Waals surface area contributed by atoms with Crippen molar-refractivity contribution in [1.82, 2.24) is 4.90 Å². The van der Waals surface area contributed by atoms with Crippen LogP contribution in [0.5, 0.6) is 0 Å². The number of ether oxygens (including phenoxy) is 1.